The quantitative estimate of drug-likeness (QED) is 0.925. The lowest BCUT2D eigenvalue weighted by Crippen LogP contribution is -2.40. The summed E-state index contributed by atoms with van der Waals surface area (Å²) in [5.74, 6) is 2.79. The average Bonchev–Trinajstić information content (AvgIpc) is 2.96. The van der Waals surface area contributed by atoms with E-state index in [9.17, 15) is 4.79 Å². The van der Waals surface area contributed by atoms with E-state index in [2.05, 4.69) is 14.9 Å². The number of nitrogens with zero attached hydrogens (tertiary/aromatic N) is 2. The summed E-state index contributed by atoms with van der Waals surface area (Å²) in [5.41, 5.74) is 1.10. The number of hydrogen-bond donors (Lipinski definition) is 1. The van der Waals surface area contributed by atoms with E-state index < -0.39 is 0 Å². The van der Waals surface area contributed by atoms with Crippen LogP contribution in [0.25, 0.3) is 0 Å². The monoisotopic (exact) mass is 341 g/mol. The Morgan fingerprint density at radius 2 is 2.16 bits per heavy atom. The van der Waals surface area contributed by atoms with Crippen molar-refractivity contribution in [3.05, 3.63) is 42.0 Å². The van der Waals surface area contributed by atoms with Crippen LogP contribution >= 0.6 is 0 Å². The molecule has 1 atom stereocenters. The third-order valence-corrected chi connectivity index (χ3v) is 4.75. The van der Waals surface area contributed by atoms with Gasteiger partial charge in [0.1, 0.15) is 5.82 Å². The predicted molar refractivity (Wildman–Crippen MR) is 92.8 cm³/mol. The first-order chi connectivity index (χ1) is 12.3. The van der Waals surface area contributed by atoms with Crippen molar-refractivity contribution in [1.29, 1.82) is 0 Å². The van der Waals surface area contributed by atoms with Gasteiger partial charge in [0.25, 0.3) is 0 Å². The van der Waals surface area contributed by atoms with Gasteiger partial charge in [0.2, 0.25) is 5.91 Å². The lowest BCUT2D eigenvalue weighted by atomic mass is 10.1. The fourth-order valence-corrected chi connectivity index (χ4v) is 3.41. The van der Waals surface area contributed by atoms with E-state index in [1.165, 1.54) is 0 Å². The molecule has 0 spiro atoms. The van der Waals surface area contributed by atoms with Crippen LogP contribution in [-0.4, -0.2) is 34.7 Å². The molecule has 1 amide bonds. The van der Waals surface area contributed by atoms with Gasteiger partial charge in [0.15, 0.2) is 11.5 Å². The van der Waals surface area contributed by atoms with Gasteiger partial charge in [-0.15, -0.1) is 0 Å². The fraction of sp³-hybridized carbons (Fsp3) is 0.474. The Balaban J connectivity index is 1.30. The van der Waals surface area contributed by atoms with Crippen molar-refractivity contribution in [2.45, 2.75) is 44.7 Å². The van der Waals surface area contributed by atoms with Crippen LogP contribution in [0.4, 0.5) is 0 Å². The molecule has 4 rings (SSSR count). The van der Waals surface area contributed by atoms with Gasteiger partial charge in [-0.3, -0.25) is 4.79 Å². The maximum atomic E-state index is 12.3. The molecule has 25 heavy (non-hydrogen) atoms. The van der Waals surface area contributed by atoms with Gasteiger partial charge >= 0.3 is 0 Å². The van der Waals surface area contributed by atoms with Crippen LogP contribution < -0.4 is 14.8 Å². The molecule has 132 valence electrons. The van der Waals surface area contributed by atoms with Crippen molar-refractivity contribution in [1.82, 2.24) is 14.9 Å². The second kappa shape index (κ2) is 7.17. The zero-order valence-electron chi connectivity index (χ0n) is 14.2. The minimum Gasteiger partial charge on any atom is -0.490 e. The van der Waals surface area contributed by atoms with Gasteiger partial charge in [-0.1, -0.05) is 6.07 Å². The summed E-state index contributed by atoms with van der Waals surface area (Å²) in [6.45, 7) is 2.18. The summed E-state index contributed by atoms with van der Waals surface area (Å²) in [5, 5.41) is 3.15. The highest BCUT2D eigenvalue weighted by atomic mass is 16.5. The van der Waals surface area contributed by atoms with Crippen molar-refractivity contribution in [3.8, 4) is 11.5 Å². The first-order valence-electron chi connectivity index (χ1n) is 8.96. The molecule has 2 aliphatic heterocycles. The number of ether oxygens (including phenoxy) is 2. The van der Waals surface area contributed by atoms with E-state index in [0.29, 0.717) is 26.1 Å². The summed E-state index contributed by atoms with van der Waals surface area (Å²) < 4.78 is 13.5. The van der Waals surface area contributed by atoms with E-state index in [4.69, 9.17) is 9.47 Å². The maximum absolute atomic E-state index is 12.3. The van der Waals surface area contributed by atoms with Gasteiger partial charge in [0.05, 0.1) is 13.2 Å². The molecule has 6 heteroatoms. The normalized spacial score (nSPS) is 19.0. The summed E-state index contributed by atoms with van der Waals surface area (Å²) in [6, 6.07) is 6.14. The third-order valence-electron chi connectivity index (χ3n) is 4.75. The van der Waals surface area contributed by atoms with Crippen molar-refractivity contribution in [3.63, 3.8) is 0 Å². The Morgan fingerprint density at radius 3 is 3.08 bits per heavy atom. The molecule has 1 N–H and O–H groups in total. The lowest BCUT2D eigenvalue weighted by molar-refractivity contribution is -0.122. The second-order valence-corrected chi connectivity index (χ2v) is 6.63. The average molecular weight is 341 g/mol. The molecule has 0 aliphatic carbocycles. The van der Waals surface area contributed by atoms with Crippen LogP contribution in [0.15, 0.2) is 30.6 Å². The lowest BCUT2D eigenvalue weighted by Gasteiger charge is -2.24. The van der Waals surface area contributed by atoms with Gasteiger partial charge < -0.3 is 19.4 Å². The third kappa shape index (κ3) is 3.78. The van der Waals surface area contributed by atoms with E-state index in [0.717, 1.165) is 48.7 Å². The minimum absolute atomic E-state index is 0.0978. The Labute approximate surface area is 147 Å². The molecule has 0 bridgehead atoms. The molecule has 1 aromatic heterocycles. The molecular formula is C19H23N3O3. The van der Waals surface area contributed by atoms with Crippen molar-refractivity contribution in [2.24, 2.45) is 0 Å². The second-order valence-electron chi connectivity index (χ2n) is 6.63. The molecule has 0 saturated carbocycles. The Hall–Kier alpha value is -2.50. The molecule has 0 radical (unpaired) electrons. The number of aromatic nitrogens is 2. The van der Waals surface area contributed by atoms with Crippen LogP contribution in [0.2, 0.25) is 0 Å². The highest BCUT2D eigenvalue weighted by Gasteiger charge is 2.20. The molecule has 3 heterocycles. The largest absolute Gasteiger partial charge is 0.490 e. The van der Waals surface area contributed by atoms with Gasteiger partial charge in [0, 0.05) is 44.2 Å². The van der Waals surface area contributed by atoms with Crippen molar-refractivity contribution < 1.29 is 14.3 Å². The number of benzene rings is 1. The SMILES string of the molecule is O=C(CCc1ccc2c(c1)OCCCO2)N[C@H]1CCc2nccn2C1. The van der Waals surface area contributed by atoms with Crippen molar-refractivity contribution in [2.75, 3.05) is 13.2 Å². The topological polar surface area (TPSA) is 65.4 Å². The summed E-state index contributed by atoms with van der Waals surface area (Å²) in [6.07, 6.45) is 7.74. The number of amides is 1. The summed E-state index contributed by atoms with van der Waals surface area (Å²) in [4.78, 5) is 16.6. The highest BCUT2D eigenvalue weighted by Crippen LogP contribution is 2.30. The number of rotatable bonds is 4. The van der Waals surface area contributed by atoms with Crippen molar-refractivity contribution >= 4 is 5.91 Å². The number of imidazole rings is 1. The number of carbonyl (C=O) groups excluding carboxylic acids is 1. The van der Waals surface area contributed by atoms with Crippen LogP contribution in [0.3, 0.4) is 0 Å². The molecule has 0 fully saturated rings. The Bertz CT molecular complexity index is 756. The molecule has 0 unspecified atom stereocenters. The minimum atomic E-state index is 0.0978. The van der Waals surface area contributed by atoms with E-state index >= 15 is 0 Å². The van der Waals surface area contributed by atoms with Crippen LogP contribution in [0, 0.1) is 0 Å². The van der Waals surface area contributed by atoms with Gasteiger partial charge in [-0.25, -0.2) is 4.98 Å². The standard InChI is InChI=1S/C19H23N3O3/c23-19(21-15-4-6-18-20-8-9-22(18)13-15)7-3-14-2-5-16-17(12-14)25-11-1-10-24-16/h2,5,8-9,12,15H,1,3-4,6-7,10-11,13H2,(H,21,23)/t15-/m0/s1. The van der Waals surface area contributed by atoms with E-state index in [1.807, 2.05) is 30.6 Å². The predicted octanol–water partition coefficient (Wildman–Crippen LogP) is 2.11. The molecule has 0 saturated heterocycles. The number of nitrogens with one attached hydrogen (secondary N) is 1. The van der Waals surface area contributed by atoms with Crippen LogP contribution in [0.1, 0.15) is 30.7 Å². The first-order valence-corrected chi connectivity index (χ1v) is 8.96. The number of carbonyl (C=O) groups is 1. The van der Waals surface area contributed by atoms with E-state index in [-0.39, 0.29) is 11.9 Å². The summed E-state index contributed by atoms with van der Waals surface area (Å²) in [7, 11) is 0. The first kappa shape index (κ1) is 16.0. The molecular weight excluding hydrogens is 318 g/mol. The Kier molecular flexibility index (Phi) is 4.59. The summed E-state index contributed by atoms with van der Waals surface area (Å²) >= 11 is 0. The molecule has 1 aromatic carbocycles. The molecule has 2 aliphatic rings. The van der Waals surface area contributed by atoms with Gasteiger partial charge in [-0.05, 0) is 30.5 Å². The zero-order chi connectivity index (χ0) is 17.1. The zero-order valence-corrected chi connectivity index (χ0v) is 14.2. The highest BCUT2D eigenvalue weighted by molar-refractivity contribution is 5.76. The van der Waals surface area contributed by atoms with Crippen LogP contribution in [-0.2, 0) is 24.2 Å². The number of hydrogen-bond acceptors (Lipinski definition) is 4. The maximum Gasteiger partial charge on any atom is 0.220 e. The molecule has 2 aromatic rings. The van der Waals surface area contributed by atoms with Crippen LogP contribution in [0.5, 0.6) is 11.5 Å². The smallest absolute Gasteiger partial charge is 0.220 e. The molecule has 6 nitrogen and oxygen atoms in total. The fourth-order valence-electron chi connectivity index (χ4n) is 3.41. The van der Waals surface area contributed by atoms with Gasteiger partial charge in [-0.2, -0.15) is 0 Å². The number of fused-ring (bicyclic) bond motifs is 2. The number of aryl methyl sites for hydroxylation is 2. The Morgan fingerprint density at radius 1 is 1.28 bits per heavy atom. The van der Waals surface area contributed by atoms with E-state index in [1.54, 1.807) is 0 Å².